The van der Waals surface area contributed by atoms with E-state index in [9.17, 15) is 9.59 Å². The molecule has 0 saturated heterocycles. The van der Waals surface area contributed by atoms with Gasteiger partial charge in [-0.2, -0.15) is 0 Å². The van der Waals surface area contributed by atoms with Gasteiger partial charge in [0.2, 0.25) is 5.91 Å². The van der Waals surface area contributed by atoms with E-state index in [-0.39, 0.29) is 24.5 Å². The maximum Gasteiger partial charge on any atom is 0.329 e. The molecule has 0 atom stereocenters. The molecule has 0 unspecified atom stereocenters. The van der Waals surface area contributed by atoms with Crippen molar-refractivity contribution in [1.29, 1.82) is 0 Å². The van der Waals surface area contributed by atoms with Crippen LogP contribution in [0.2, 0.25) is 0 Å². The second kappa shape index (κ2) is 8.06. The average Bonchev–Trinajstić information content (AvgIpc) is 2.14. The van der Waals surface area contributed by atoms with Crippen molar-refractivity contribution >= 4 is 11.9 Å². The number of hydrogen-bond acceptors (Lipinski definition) is 3. The third kappa shape index (κ3) is 12.8. The summed E-state index contributed by atoms with van der Waals surface area (Å²) in [6, 6.07) is 0. The Morgan fingerprint density at radius 3 is 2.47 bits per heavy atom. The second-order valence-corrected chi connectivity index (χ2v) is 5.21. The van der Waals surface area contributed by atoms with Crippen LogP contribution in [0.4, 0.5) is 0 Å². The van der Waals surface area contributed by atoms with Gasteiger partial charge in [-0.1, -0.05) is 20.8 Å². The number of amides is 1. The Morgan fingerprint density at radius 1 is 1.29 bits per heavy atom. The summed E-state index contributed by atoms with van der Waals surface area (Å²) in [5, 5.41) is 11.0. The molecule has 0 aromatic heterocycles. The molecule has 0 radical (unpaired) electrons. The van der Waals surface area contributed by atoms with Crippen molar-refractivity contribution in [3.8, 4) is 0 Å². The minimum atomic E-state index is -0.999. The van der Waals surface area contributed by atoms with Gasteiger partial charge in [-0.25, -0.2) is 4.79 Å². The summed E-state index contributed by atoms with van der Waals surface area (Å²) in [6.45, 7) is 6.71. The van der Waals surface area contributed by atoms with Crippen LogP contribution in [0.1, 0.15) is 40.0 Å². The molecule has 0 bridgehead atoms. The molecule has 0 saturated carbocycles. The first-order valence-electron chi connectivity index (χ1n) is 5.87. The molecule has 0 spiro atoms. The standard InChI is InChI=1S/C12H23NO4/c1-12(2,3)6-4-5-10(14)13-7-8-17-9-11(15)16/h4-9H2,1-3H3,(H,13,14)(H,15,16). The SMILES string of the molecule is CC(C)(C)CCCC(=O)NCCOCC(=O)O. The zero-order valence-corrected chi connectivity index (χ0v) is 10.9. The fourth-order valence-electron chi connectivity index (χ4n) is 1.29. The Kier molecular flexibility index (Phi) is 7.54. The van der Waals surface area contributed by atoms with Crippen LogP contribution in [0.15, 0.2) is 0 Å². The molecule has 0 rings (SSSR count). The molecule has 100 valence electrons. The third-order valence-corrected chi connectivity index (χ3v) is 2.12. The minimum absolute atomic E-state index is 0.00632. The highest BCUT2D eigenvalue weighted by atomic mass is 16.5. The lowest BCUT2D eigenvalue weighted by atomic mass is 9.90. The van der Waals surface area contributed by atoms with Crippen molar-refractivity contribution in [3.63, 3.8) is 0 Å². The average molecular weight is 245 g/mol. The molecule has 17 heavy (non-hydrogen) atoms. The van der Waals surface area contributed by atoms with E-state index in [0.29, 0.717) is 13.0 Å². The first-order valence-corrected chi connectivity index (χ1v) is 5.87. The van der Waals surface area contributed by atoms with Crippen molar-refractivity contribution in [2.75, 3.05) is 19.8 Å². The van der Waals surface area contributed by atoms with Crippen molar-refractivity contribution in [3.05, 3.63) is 0 Å². The number of rotatable bonds is 8. The van der Waals surface area contributed by atoms with E-state index in [1.165, 1.54) is 0 Å². The van der Waals surface area contributed by atoms with E-state index in [1.807, 2.05) is 0 Å². The Balaban J connectivity index is 3.38. The molecule has 0 aromatic rings. The van der Waals surface area contributed by atoms with Crippen molar-refractivity contribution in [1.82, 2.24) is 5.32 Å². The summed E-state index contributed by atoms with van der Waals surface area (Å²) in [6.07, 6.45) is 2.39. The van der Waals surface area contributed by atoms with Gasteiger partial charge in [0.05, 0.1) is 6.61 Å². The lowest BCUT2D eigenvalue weighted by molar-refractivity contribution is -0.142. The smallest absolute Gasteiger partial charge is 0.329 e. The predicted molar refractivity (Wildman–Crippen MR) is 64.8 cm³/mol. The molecule has 0 fully saturated rings. The zero-order chi connectivity index (χ0) is 13.3. The van der Waals surface area contributed by atoms with E-state index < -0.39 is 5.97 Å². The van der Waals surface area contributed by atoms with Crippen LogP contribution >= 0.6 is 0 Å². The van der Waals surface area contributed by atoms with Crippen molar-refractivity contribution in [2.24, 2.45) is 5.41 Å². The van der Waals surface area contributed by atoms with Gasteiger partial charge in [0.25, 0.3) is 0 Å². The quantitative estimate of drug-likeness (QED) is 0.634. The van der Waals surface area contributed by atoms with Crippen LogP contribution in [0.3, 0.4) is 0 Å². The normalized spacial score (nSPS) is 11.2. The van der Waals surface area contributed by atoms with Gasteiger partial charge in [-0.15, -0.1) is 0 Å². The first-order chi connectivity index (χ1) is 7.81. The van der Waals surface area contributed by atoms with Crippen molar-refractivity contribution in [2.45, 2.75) is 40.0 Å². The summed E-state index contributed by atoms with van der Waals surface area (Å²) in [5.41, 5.74) is 0.255. The van der Waals surface area contributed by atoms with Crippen LogP contribution < -0.4 is 5.32 Å². The molecule has 5 nitrogen and oxygen atoms in total. The van der Waals surface area contributed by atoms with Crippen molar-refractivity contribution < 1.29 is 19.4 Å². The predicted octanol–water partition coefficient (Wildman–Crippen LogP) is 1.42. The highest BCUT2D eigenvalue weighted by Gasteiger charge is 2.10. The Hall–Kier alpha value is -1.10. The molecule has 1 amide bonds. The molecule has 0 aliphatic heterocycles. The van der Waals surface area contributed by atoms with Gasteiger partial charge in [0.1, 0.15) is 6.61 Å². The molecule has 5 heteroatoms. The van der Waals surface area contributed by atoms with Gasteiger partial charge >= 0.3 is 5.97 Å². The molecular formula is C12H23NO4. The van der Waals surface area contributed by atoms with E-state index in [1.54, 1.807) is 0 Å². The maximum atomic E-state index is 11.3. The number of carboxylic acids is 1. The third-order valence-electron chi connectivity index (χ3n) is 2.12. The lowest BCUT2D eigenvalue weighted by Gasteiger charge is -2.17. The summed E-state index contributed by atoms with van der Waals surface area (Å²) >= 11 is 0. The number of aliphatic carboxylic acids is 1. The molecule has 0 aliphatic rings. The largest absolute Gasteiger partial charge is 0.480 e. The number of hydrogen-bond donors (Lipinski definition) is 2. The van der Waals surface area contributed by atoms with Crippen LogP contribution in [0.5, 0.6) is 0 Å². The Morgan fingerprint density at radius 2 is 1.94 bits per heavy atom. The van der Waals surface area contributed by atoms with Gasteiger partial charge < -0.3 is 15.2 Å². The summed E-state index contributed by atoms with van der Waals surface area (Å²) in [7, 11) is 0. The van der Waals surface area contributed by atoms with Crippen LogP contribution in [-0.2, 0) is 14.3 Å². The molecule has 0 heterocycles. The van der Waals surface area contributed by atoms with E-state index >= 15 is 0 Å². The summed E-state index contributed by atoms with van der Waals surface area (Å²) < 4.78 is 4.79. The molecule has 2 N–H and O–H groups in total. The fourth-order valence-corrected chi connectivity index (χ4v) is 1.29. The minimum Gasteiger partial charge on any atom is -0.480 e. The van der Waals surface area contributed by atoms with Gasteiger partial charge in [0.15, 0.2) is 0 Å². The number of carbonyl (C=O) groups excluding carboxylic acids is 1. The van der Waals surface area contributed by atoms with E-state index in [2.05, 4.69) is 26.1 Å². The van der Waals surface area contributed by atoms with Gasteiger partial charge in [-0.3, -0.25) is 4.79 Å². The van der Waals surface area contributed by atoms with E-state index in [0.717, 1.165) is 12.8 Å². The fraction of sp³-hybridized carbons (Fsp3) is 0.833. The van der Waals surface area contributed by atoms with Gasteiger partial charge in [0, 0.05) is 13.0 Å². The van der Waals surface area contributed by atoms with Crippen LogP contribution in [0, 0.1) is 5.41 Å². The first kappa shape index (κ1) is 15.9. The Labute approximate surface area is 103 Å². The topological polar surface area (TPSA) is 75.6 Å². The van der Waals surface area contributed by atoms with E-state index in [4.69, 9.17) is 9.84 Å². The monoisotopic (exact) mass is 245 g/mol. The van der Waals surface area contributed by atoms with Gasteiger partial charge in [-0.05, 0) is 18.3 Å². The second-order valence-electron chi connectivity index (χ2n) is 5.21. The highest BCUT2D eigenvalue weighted by molar-refractivity contribution is 5.75. The molecule has 0 aromatic carbocycles. The highest BCUT2D eigenvalue weighted by Crippen LogP contribution is 2.21. The van der Waals surface area contributed by atoms with Crippen LogP contribution in [-0.4, -0.2) is 36.7 Å². The maximum absolute atomic E-state index is 11.3. The summed E-state index contributed by atoms with van der Waals surface area (Å²) in [5.74, 6) is -1.00. The number of carbonyl (C=O) groups is 2. The molecular weight excluding hydrogens is 222 g/mol. The lowest BCUT2D eigenvalue weighted by Crippen LogP contribution is -2.27. The number of carboxylic acid groups (broad SMARTS) is 1. The number of ether oxygens (including phenoxy) is 1. The summed E-state index contributed by atoms with van der Waals surface area (Å²) in [4.78, 5) is 21.5. The zero-order valence-electron chi connectivity index (χ0n) is 10.9. The Bertz CT molecular complexity index is 245. The number of nitrogens with one attached hydrogen (secondary N) is 1. The molecule has 0 aliphatic carbocycles. The van der Waals surface area contributed by atoms with Crippen LogP contribution in [0.25, 0.3) is 0 Å².